The molecule has 2 heterocycles. The number of nitrogens with one attached hydrogen (secondary N) is 2. The first-order chi connectivity index (χ1) is 11.3. The van der Waals surface area contributed by atoms with Crippen LogP contribution in [-0.2, 0) is 0 Å². The average Bonchev–Trinajstić information content (AvgIpc) is 3.11. The average molecular weight is 323 g/mol. The normalized spacial score (nSPS) is 10.1. The quantitative estimate of drug-likeness (QED) is 0.728. The molecule has 0 saturated carbocycles. The minimum Gasteiger partial charge on any atom is -0.267 e. The molecule has 2 amide bonds. The summed E-state index contributed by atoms with van der Waals surface area (Å²) in [6.45, 7) is 0. The molecule has 1 aromatic carbocycles. The van der Waals surface area contributed by atoms with Gasteiger partial charge in [0.05, 0.1) is 5.56 Å². The van der Waals surface area contributed by atoms with Crippen LogP contribution in [0.1, 0.15) is 20.0 Å². The lowest BCUT2D eigenvalue weighted by Gasteiger charge is -2.08. The Morgan fingerprint density at radius 2 is 1.70 bits per heavy atom. The van der Waals surface area contributed by atoms with Crippen molar-refractivity contribution in [2.45, 2.75) is 0 Å². The second kappa shape index (κ2) is 6.85. The van der Waals surface area contributed by atoms with Crippen molar-refractivity contribution in [3.05, 3.63) is 76.7 Å². The molecule has 2 aromatic heterocycles. The van der Waals surface area contributed by atoms with E-state index >= 15 is 0 Å². The van der Waals surface area contributed by atoms with E-state index in [0.29, 0.717) is 10.4 Å². The Labute approximate surface area is 137 Å². The van der Waals surface area contributed by atoms with Crippen LogP contribution in [0.2, 0.25) is 0 Å². The molecule has 0 unspecified atom stereocenters. The Bertz CT molecular complexity index is 816. The zero-order valence-electron chi connectivity index (χ0n) is 12.0. The first-order valence-electron chi connectivity index (χ1n) is 6.89. The molecular formula is C17H13N3O2S. The Balaban J connectivity index is 1.70. The van der Waals surface area contributed by atoms with E-state index in [2.05, 4.69) is 15.8 Å². The predicted molar refractivity (Wildman–Crippen MR) is 88.9 cm³/mol. The maximum Gasteiger partial charge on any atom is 0.280 e. The molecule has 0 bridgehead atoms. The second-order valence-corrected chi connectivity index (χ2v) is 5.60. The van der Waals surface area contributed by atoms with Crippen molar-refractivity contribution in [3.8, 4) is 11.1 Å². The van der Waals surface area contributed by atoms with Crippen molar-refractivity contribution < 1.29 is 9.59 Å². The van der Waals surface area contributed by atoms with Crippen LogP contribution in [0.25, 0.3) is 11.1 Å². The summed E-state index contributed by atoms with van der Waals surface area (Å²) in [4.78, 5) is 28.6. The molecule has 5 nitrogen and oxygen atoms in total. The third kappa shape index (κ3) is 3.44. The SMILES string of the molecule is O=C(NNC(=O)c1sccc1-c1ccccc1)c1cccnc1. The van der Waals surface area contributed by atoms with Crippen molar-refractivity contribution in [2.24, 2.45) is 0 Å². The van der Waals surface area contributed by atoms with Crippen LogP contribution < -0.4 is 10.9 Å². The van der Waals surface area contributed by atoms with Gasteiger partial charge in [-0.1, -0.05) is 30.3 Å². The predicted octanol–water partition coefficient (Wildman–Crippen LogP) is 2.88. The van der Waals surface area contributed by atoms with Gasteiger partial charge in [0.15, 0.2) is 0 Å². The summed E-state index contributed by atoms with van der Waals surface area (Å²) in [6.07, 6.45) is 3.01. The molecule has 6 heteroatoms. The van der Waals surface area contributed by atoms with Gasteiger partial charge in [-0.3, -0.25) is 25.4 Å². The number of carbonyl (C=O) groups is 2. The molecular weight excluding hydrogens is 310 g/mol. The number of hydrazine groups is 1. The summed E-state index contributed by atoms with van der Waals surface area (Å²) in [7, 11) is 0. The maximum absolute atomic E-state index is 12.3. The highest BCUT2D eigenvalue weighted by Gasteiger charge is 2.15. The molecule has 0 aliphatic rings. The van der Waals surface area contributed by atoms with E-state index < -0.39 is 5.91 Å². The zero-order valence-corrected chi connectivity index (χ0v) is 12.8. The van der Waals surface area contributed by atoms with Gasteiger partial charge in [-0.25, -0.2) is 0 Å². The van der Waals surface area contributed by atoms with E-state index in [1.165, 1.54) is 17.5 Å². The Kier molecular flexibility index (Phi) is 4.44. The molecule has 0 aliphatic carbocycles. The lowest BCUT2D eigenvalue weighted by molar-refractivity contribution is 0.0849. The number of nitrogens with zero attached hydrogens (tertiary/aromatic N) is 1. The summed E-state index contributed by atoms with van der Waals surface area (Å²) in [5.74, 6) is -0.764. The number of rotatable bonds is 3. The molecule has 0 aliphatic heterocycles. The van der Waals surface area contributed by atoms with Crippen LogP contribution in [0, 0.1) is 0 Å². The van der Waals surface area contributed by atoms with Crippen molar-refractivity contribution in [1.82, 2.24) is 15.8 Å². The van der Waals surface area contributed by atoms with Gasteiger partial charge >= 0.3 is 0 Å². The van der Waals surface area contributed by atoms with Crippen LogP contribution >= 0.6 is 11.3 Å². The highest BCUT2D eigenvalue weighted by atomic mass is 32.1. The van der Waals surface area contributed by atoms with E-state index in [1.807, 2.05) is 41.8 Å². The number of carbonyl (C=O) groups excluding carboxylic acids is 2. The number of benzene rings is 1. The van der Waals surface area contributed by atoms with Gasteiger partial charge in [0.1, 0.15) is 4.88 Å². The van der Waals surface area contributed by atoms with Crippen LogP contribution in [-0.4, -0.2) is 16.8 Å². The van der Waals surface area contributed by atoms with Crippen molar-refractivity contribution in [2.75, 3.05) is 0 Å². The topological polar surface area (TPSA) is 71.1 Å². The zero-order chi connectivity index (χ0) is 16.1. The fourth-order valence-electron chi connectivity index (χ4n) is 2.07. The van der Waals surface area contributed by atoms with E-state index in [4.69, 9.17) is 0 Å². The molecule has 0 radical (unpaired) electrons. The first-order valence-corrected chi connectivity index (χ1v) is 7.77. The van der Waals surface area contributed by atoms with Gasteiger partial charge in [-0.15, -0.1) is 11.3 Å². The fourth-order valence-corrected chi connectivity index (χ4v) is 2.88. The van der Waals surface area contributed by atoms with Gasteiger partial charge in [0.2, 0.25) is 0 Å². The van der Waals surface area contributed by atoms with Gasteiger partial charge in [-0.2, -0.15) is 0 Å². The minimum atomic E-state index is -0.413. The third-order valence-corrected chi connectivity index (χ3v) is 4.08. The van der Waals surface area contributed by atoms with Crippen LogP contribution in [0.4, 0.5) is 0 Å². The van der Waals surface area contributed by atoms with Crippen molar-refractivity contribution in [3.63, 3.8) is 0 Å². The maximum atomic E-state index is 12.3. The van der Waals surface area contributed by atoms with Crippen LogP contribution in [0.3, 0.4) is 0 Å². The summed E-state index contributed by atoms with van der Waals surface area (Å²) >= 11 is 1.32. The highest BCUT2D eigenvalue weighted by molar-refractivity contribution is 7.12. The number of amides is 2. The second-order valence-electron chi connectivity index (χ2n) is 4.68. The molecule has 0 spiro atoms. The van der Waals surface area contributed by atoms with Gasteiger partial charge in [-0.05, 0) is 29.1 Å². The van der Waals surface area contributed by atoms with Crippen molar-refractivity contribution >= 4 is 23.2 Å². The first kappa shape index (κ1) is 14.9. The molecule has 23 heavy (non-hydrogen) atoms. The summed E-state index contributed by atoms with van der Waals surface area (Å²) in [5.41, 5.74) is 7.00. The van der Waals surface area contributed by atoms with E-state index in [9.17, 15) is 9.59 Å². The third-order valence-electron chi connectivity index (χ3n) is 3.17. The van der Waals surface area contributed by atoms with Gasteiger partial charge in [0.25, 0.3) is 11.8 Å². The molecule has 114 valence electrons. The van der Waals surface area contributed by atoms with Gasteiger partial charge < -0.3 is 0 Å². The van der Waals surface area contributed by atoms with Gasteiger partial charge in [0, 0.05) is 18.0 Å². The minimum absolute atomic E-state index is 0.351. The standard InChI is InChI=1S/C17H13N3O2S/c21-16(13-7-4-9-18-11-13)19-20-17(22)15-14(8-10-23-15)12-5-2-1-3-6-12/h1-11H,(H,19,21)(H,20,22). The monoisotopic (exact) mass is 323 g/mol. The number of pyridine rings is 1. The summed E-state index contributed by atoms with van der Waals surface area (Å²) in [5, 5.41) is 1.85. The molecule has 2 N–H and O–H groups in total. The Morgan fingerprint density at radius 1 is 0.913 bits per heavy atom. The molecule has 0 fully saturated rings. The smallest absolute Gasteiger partial charge is 0.267 e. The molecule has 3 rings (SSSR count). The summed E-state index contributed by atoms with van der Waals surface area (Å²) in [6, 6.07) is 14.8. The number of hydrogen-bond acceptors (Lipinski definition) is 4. The van der Waals surface area contributed by atoms with Crippen LogP contribution in [0.15, 0.2) is 66.3 Å². The van der Waals surface area contributed by atoms with E-state index in [-0.39, 0.29) is 5.91 Å². The number of hydrogen-bond donors (Lipinski definition) is 2. The molecule has 0 saturated heterocycles. The highest BCUT2D eigenvalue weighted by Crippen LogP contribution is 2.27. The van der Waals surface area contributed by atoms with Crippen LogP contribution in [0.5, 0.6) is 0 Å². The Morgan fingerprint density at radius 3 is 2.43 bits per heavy atom. The fraction of sp³-hybridized carbons (Fsp3) is 0. The van der Waals surface area contributed by atoms with E-state index in [0.717, 1.165) is 11.1 Å². The van der Waals surface area contributed by atoms with E-state index in [1.54, 1.807) is 18.3 Å². The lowest BCUT2D eigenvalue weighted by Crippen LogP contribution is -2.41. The lowest BCUT2D eigenvalue weighted by atomic mass is 10.1. The molecule has 3 aromatic rings. The van der Waals surface area contributed by atoms with Crippen molar-refractivity contribution in [1.29, 1.82) is 0 Å². The number of thiophene rings is 1. The largest absolute Gasteiger partial charge is 0.280 e. The molecule has 0 atom stereocenters. The number of aromatic nitrogens is 1. The Hall–Kier alpha value is -2.99. The summed E-state index contributed by atoms with van der Waals surface area (Å²) < 4.78 is 0.